The molecule has 0 aliphatic carbocycles. The second-order valence-corrected chi connectivity index (χ2v) is 6.29. The molecule has 1 saturated heterocycles. The molecule has 4 nitrogen and oxygen atoms in total. The van der Waals surface area contributed by atoms with Crippen molar-refractivity contribution >= 4 is 27.5 Å². The van der Waals surface area contributed by atoms with Crippen LogP contribution in [0.4, 0.5) is 10.1 Å². The number of hydrogen-bond acceptors (Lipinski definition) is 3. The van der Waals surface area contributed by atoms with Crippen molar-refractivity contribution in [2.75, 3.05) is 32.4 Å². The fourth-order valence-electron chi connectivity index (χ4n) is 2.71. The summed E-state index contributed by atoms with van der Waals surface area (Å²) >= 11 is 3.24. The summed E-state index contributed by atoms with van der Waals surface area (Å²) in [6.07, 6.45) is 1.93. The van der Waals surface area contributed by atoms with Gasteiger partial charge in [-0.15, -0.1) is 0 Å². The molecule has 1 heterocycles. The topological polar surface area (TPSA) is 49.6 Å². The quantitative estimate of drug-likeness (QED) is 0.846. The van der Waals surface area contributed by atoms with Gasteiger partial charge in [0.05, 0.1) is 11.3 Å². The van der Waals surface area contributed by atoms with Gasteiger partial charge >= 0.3 is 0 Å². The number of benzene rings is 1. The molecule has 2 rings (SSSR count). The van der Waals surface area contributed by atoms with E-state index in [1.54, 1.807) is 11.9 Å². The maximum atomic E-state index is 13.4. The number of carbonyl (C=O) groups is 1. The number of nitrogen functional groups attached to an aromatic ring is 1. The van der Waals surface area contributed by atoms with E-state index in [0.717, 1.165) is 32.5 Å². The molecule has 21 heavy (non-hydrogen) atoms. The van der Waals surface area contributed by atoms with Crippen LogP contribution in [0.1, 0.15) is 30.1 Å². The van der Waals surface area contributed by atoms with Crippen LogP contribution < -0.4 is 5.73 Å². The summed E-state index contributed by atoms with van der Waals surface area (Å²) in [5.74, 6) is -0.638. The van der Waals surface area contributed by atoms with Gasteiger partial charge in [0.2, 0.25) is 0 Å². The molecule has 6 heteroatoms. The van der Waals surface area contributed by atoms with E-state index in [1.807, 2.05) is 0 Å². The van der Waals surface area contributed by atoms with Crippen molar-refractivity contribution in [1.82, 2.24) is 9.80 Å². The molecule has 1 aliphatic heterocycles. The average Bonchev–Trinajstić information content (AvgIpc) is 2.49. The smallest absolute Gasteiger partial charge is 0.255 e. The Kier molecular flexibility index (Phi) is 5.22. The molecule has 2 N–H and O–H groups in total. The molecule has 1 aromatic carbocycles. The molecule has 1 fully saturated rings. The molecule has 1 amide bonds. The van der Waals surface area contributed by atoms with Gasteiger partial charge < -0.3 is 15.5 Å². The molecular formula is C15H21BrFN3O. The predicted molar refractivity (Wildman–Crippen MR) is 85.7 cm³/mol. The number of rotatable bonds is 3. The molecule has 0 bridgehead atoms. The van der Waals surface area contributed by atoms with Crippen LogP contribution in [0, 0.1) is 5.82 Å². The molecule has 1 aliphatic rings. The molecule has 0 spiro atoms. The summed E-state index contributed by atoms with van der Waals surface area (Å²) in [5.41, 5.74) is 5.98. The zero-order chi connectivity index (χ0) is 15.6. The van der Waals surface area contributed by atoms with E-state index in [0.29, 0.717) is 10.0 Å². The Labute approximate surface area is 133 Å². The Hall–Kier alpha value is -1.14. The average molecular weight is 358 g/mol. The first kappa shape index (κ1) is 16.2. The lowest BCUT2D eigenvalue weighted by molar-refractivity contribution is 0.0646. The number of hydrogen-bond donors (Lipinski definition) is 1. The van der Waals surface area contributed by atoms with Crippen molar-refractivity contribution in [3.05, 3.63) is 28.0 Å². The van der Waals surface area contributed by atoms with Crippen LogP contribution in [0.3, 0.4) is 0 Å². The number of piperidine rings is 1. The zero-order valence-corrected chi connectivity index (χ0v) is 14.0. The number of amides is 1. The Morgan fingerprint density at radius 2 is 2.10 bits per heavy atom. The standard InChI is InChI=1S/C15H21BrFN3O/c1-3-20-6-4-10(5-7-20)19(2)15(21)11-8-14(18)13(17)9-12(11)16/h8-10H,3-7,18H2,1-2H3. The van der Waals surface area contributed by atoms with E-state index < -0.39 is 5.82 Å². The molecular weight excluding hydrogens is 337 g/mol. The van der Waals surface area contributed by atoms with Crippen molar-refractivity contribution in [3.8, 4) is 0 Å². The third-order valence-corrected chi connectivity index (χ3v) is 4.85. The Morgan fingerprint density at radius 3 is 2.67 bits per heavy atom. The van der Waals surface area contributed by atoms with Gasteiger partial charge in [0.25, 0.3) is 5.91 Å². The number of carbonyl (C=O) groups excluding carboxylic acids is 1. The largest absolute Gasteiger partial charge is 0.396 e. The zero-order valence-electron chi connectivity index (χ0n) is 12.4. The highest BCUT2D eigenvalue weighted by Crippen LogP contribution is 2.25. The van der Waals surface area contributed by atoms with E-state index in [4.69, 9.17) is 5.73 Å². The van der Waals surface area contributed by atoms with Crippen molar-refractivity contribution in [3.63, 3.8) is 0 Å². The van der Waals surface area contributed by atoms with Gasteiger partial charge in [0.15, 0.2) is 0 Å². The summed E-state index contributed by atoms with van der Waals surface area (Å²) in [4.78, 5) is 16.7. The Morgan fingerprint density at radius 1 is 1.48 bits per heavy atom. The number of nitrogens with two attached hydrogens (primary N) is 1. The monoisotopic (exact) mass is 357 g/mol. The van der Waals surface area contributed by atoms with Crippen LogP contribution in [0.2, 0.25) is 0 Å². The molecule has 0 aromatic heterocycles. The van der Waals surface area contributed by atoms with E-state index in [-0.39, 0.29) is 17.6 Å². The van der Waals surface area contributed by atoms with E-state index in [9.17, 15) is 9.18 Å². The van der Waals surface area contributed by atoms with Gasteiger partial charge in [-0.25, -0.2) is 4.39 Å². The minimum absolute atomic E-state index is 0.00393. The first-order chi connectivity index (χ1) is 9.93. The highest BCUT2D eigenvalue weighted by molar-refractivity contribution is 9.10. The Balaban J connectivity index is 2.11. The van der Waals surface area contributed by atoms with Gasteiger partial charge in [-0.3, -0.25) is 4.79 Å². The van der Waals surface area contributed by atoms with Crippen LogP contribution >= 0.6 is 15.9 Å². The van der Waals surface area contributed by atoms with Gasteiger partial charge in [-0.05, 0) is 47.4 Å². The number of likely N-dealkylation sites (tertiary alicyclic amines) is 1. The number of halogens is 2. The molecule has 0 saturated carbocycles. The highest BCUT2D eigenvalue weighted by Gasteiger charge is 2.26. The van der Waals surface area contributed by atoms with Gasteiger partial charge in [-0.1, -0.05) is 6.92 Å². The van der Waals surface area contributed by atoms with Gasteiger partial charge in [-0.2, -0.15) is 0 Å². The molecule has 0 unspecified atom stereocenters. The minimum Gasteiger partial charge on any atom is -0.396 e. The lowest BCUT2D eigenvalue weighted by atomic mass is 10.0. The van der Waals surface area contributed by atoms with Crippen molar-refractivity contribution < 1.29 is 9.18 Å². The fourth-order valence-corrected chi connectivity index (χ4v) is 3.19. The van der Waals surface area contributed by atoms with Crippen LogP contribution in [0.15, 0.2) is 16.6 Å². The SMILES string of the molecule is CCN1CCC(N(C)C(=O)c2cc(N)c(F)cc2Br)CC1. The Bertz CT molecular complexity index is 530. The van der Waals surface area contributed by atoms with Crippen LogP contribution in [-0.4, -0.2) is 48.4 Å². The van der Waals surface area contributed by atoms with Gasteiger partial charge in [0.1, 0.15) is 5.82 Å². The normalized spacial score (nSPS) is 17.0. The predicted octanol–water partition coefficient (Wildman–Crippen LogP) is 2.73. The molecule has 0 atom stereocenters. The van der Waals surface area contributed by atoms with Crippen molar-refractivity contribution in [1.29, 1.82) is 0 Å². The van der Waals surface area contributed by atoms with Crippen molar-refractivity contribution in [2.45, 2.75) is 25.8 Å². The maximum absolute atomic E-state index is 13.4. The molecule has 0 radical (unpaired) electrons. The van der Waals surface area contributed by atoms with E-state index in [2.05, 4.69) is 27.8 Å². The van der Waals surface area contributed by atoms with E-state index in [1.165, 1.54) is 12.1 Å². The second-order valence-electron chi connectivity index (χ2n) is 5.44. The summed E-state index contributed by atoms with van der Waals surface area (Å²) < 4.78 is 13.8. The third kappa shape index (κ3) is 3.55. The van der Waals surface area contributed by atoms with Crippen LogP contribution in [0.5, 0.6) is 0 Å². The second kappa shape index (κ2) is 6.75. The summed E-state index contributed by atoms with van der Waals surface area (Å²) in [6, 6.07) is 2.87. The van der Waals surface area contributed by atoms with Crippen LogP contribution in [0.25, 0.3) is 0 Å². The first-order valence-electron chi connectivity index (χ1n) is 7.18. The summed E-state index contributed by atoms with van der Waals surface area (Å²) in [5, 5.41) is 0. The maximum Gasteiger partial charge on any atom is 0.255 e. The van der Waals surface area contributed by atoms with Gasteiger partial charge in [0, 0.05) is 30.7 Å². The molecule has 116 valence electrons. The summed E-state index contributed by atoms with van der Waals surface area (Å²) in [6.45, 7) is 5.20. The van der Waals surface area contributed by atoms with Crippen LogP contribution in [-0.2, 0) is 0 Å². The van der Waals surface area contributed by atoms with E-state index >= 15 is 0 Å². The number of anilines is 1. The number of nitrogens with zero attached hydrogens (tertiary/aromatic N) is 2. The fraction of sp³-hybridized carbons (Fsp3) is 0.533. The minimum atomic E-state index is -0.516. The lowest BCUT2D eigenvalue weighted by Gasteiger charge is -2.36. The van der Waals surface area contributed by atoms with Crippen molar-refractivity contribution in [2.24, 2.45) is 0 Å². The summed E-state index contributed by atoms with van der Waals surface area (Å²) in [7, 11) is 1.81. The highest BCUT2D eigenvalue weighted by atomic mass is 79.9. The first-order valence-corrected chi connectivity index (χ1v) is 7.97. The molecule has 1 aromatic rings. The third-order valence-electron chi connectivity index (χ3n) is 4.19. The lowest BCUT2D eigenvalue weighted by Crippen LogP contribution is -2.45.